The van der Waals surface area contributed by atoms with Crippen LogP contribution in [0, 0.1) is 6.92 Å². The second kappa shape index (κ2) is 5.01. The predicted octanol–water partition coefficient (Wildman–Crippen LogP) is 3.24. The Hall–Kier alpha value is -1.81. The van der Waals surface area contributed by atoms with Crippen LogP contribution in [0.1, 0.15) is 5.56 Å². The molecule has 2 rings (SSSR count). The van der Waals surface area contributed by atoms with Gasteiger partial charge in [0.2, 0.25) is 11.8 Å². The number of aromatic nitrogens is 2. The lowest BCUT2D eigenvalue weighted by Crippen LogP contribution is -1.97. The first kappa shape index (κ1) is 11.7. The molecule has 1 aromatic heterocycles. The maximum absolute atomic E-state index is 6.00. The van der Waals surface area contributed by atoms with Gasteiger partial charge in [0.05, 0.1) is 17.7 Å². The number of rotatable bonds is 3. The molecule has 1 heterocycles. The van der Waals surface area contributed by atoms with Crippen LogP contribution in [-0.2, 0) is 0 Å². The molecule has 0 radical (unpaired) electrons. The van der Waals surface area contributed by atoms with Gasteiger partial charge in [0.25, 0.3) is 0 Å². The van der Waals surface area contributed by atoms with Gasteiger partial charge >= 0.3 is 0 Å². The summed E-state index contributed by atoms with van der Waals surface area (Å²) in [5.74, 6) is 1.48. The highest BCUT2D eigenvalue weighted by atomic mass is 35.5. The van der Waals surface area contributed by atoms with Gasteiger partial charge in [-0.1, -0.05) is 23.7 Å². The molecule has 88 valence electrons. The summed E-state index contributed by atoms with van der Waals surface area (Å²) in [5.41, 5.74) is 0.731. The van der Waals surface area contributed by atoms with E-state index in [1.165, 1.54) is 6.33 Å². The smallest absolute Gasteiger partial charge is 0.229 e. The lowest BCUT2D eigenvalue weighted by Gasteiger charge is -2.10. The third-order valence-electron chi connectivity index (χ3n) is 2.23. The first-order chi connectivity index (χ1) is 8.22. The molecule has 17 heavy (non-hydrogen) atoms. The lowest BCUT2D eigenvalue weighted by atomic mass is 10.3. The molecule has 0 fully saturated rings. The number of ether oxygens (including phenoxy) is 2. The molecular weight excluding hydrogens is 240 g/mol. The summed E-state index contributed by atoms with van der Waals surface area (Å²) in [6, 6.07) is 7.21. The van der Waals surface area contributed by atoms with Crippen molar-refractivity contribution in [1.82, 2.24) is 9.97 Å². The Morgan fingerprint density at radius 3 is 2.53 bits per heavy atom. The third kappa shape index (κ3) is 2.47. The fourth-order valence-corrected chi connectivity index (χ4v) is 1.53. The highest BCUT2D eigenvalue weighted by Crippen LogP contribution is 2.31. The molecule has 0 saturated heterocycles. The molecule has 0 N–H and O–H groups in total. The summed E-state index contributed by atoms with van der Waals surface area (Å²) < 4.78 is 10.7. The average molecular weight is 251 g/mol. The van der Waals surface area contributed by atoms with Gasteiger partial charge in [-0.05, 0) is 19.1 Å². The molecule has 0 atom stereocenters. The lowest BCUT2D eigenvalue weighted by molar-refractivity contribution is 0.382. The van der Waals surface area contributed by atoms with Crippen molar-refractivity contribution in [3.63, 3.8) is 0 Å². The van der Waals surface area contributed by atoms with E-state index in [4.69, 9.17) is 21.1 Å². The maximum Gasteiger partial charge on any atom is 0.229 e. The highest BCUT2D eigenvalue weighted by molar-refractivity contribution is 6.32. The number of nitrogens with zero attached hydrogens (tertiary/aromatic N) is 2. The van der Waals surface area contributed by atoms with Crippen molar-refractivity contribution in [3.05, 3.63) is 41.2 Å². The number of hydrogen-bond acceptors (Lipinski definition) is 4. The van der Waals surface area contributed by atoms with E-state index in [0.29, 0.717) is 22.5 Å². The van der Waals surface area contributed by atoms with E-state index in [0.717, 1.165) is 5.56 Å². The normalized spacial score (nSPS) is 10.1. The van der Waals surface area contributed by atoms with Crippen LogP contribution >= 0.6 is 11.6 Å². The number of hydrogen-bond donors (Lipinski definition) is 0. The second-order valence-corrected chi connectivity index (χ2v) is 3.75. The Kier molecular flexibility index (Phi) is 3.44. The van der Waals surface area contributed by atoms with Gasteiger partial charge < -0.3 is 9.47 Å². The van der Waals surface area contributed by atoms with Crippen LogP contribution in [-0.4, -0.2) is 17.1 Å². The molecule has 4 nitrogen and oxygen atoms in total. The van der Waals surface area contributed by atoms with Crippen LogP contribution in [0.5, 0.6) is 17.5 Å². The summed E-state index contributed by atoms with van der Waals surface area (Å²) in [5, 5.41) is 0.532. The van der Waals surface area contributed by atoms with Crippen molar-refractivity contribution in [1.29, 1.82) is 0 Å². The van der Waals surface area contributed by atoms with Crippen molar-refractivity contribution in [2.24, 2.45) is 0 Å². The van der Waals surface area contributed by atoms with Crippen LogP contribution in [0.2, 0.25) is 5.02 Å². The second-order valence-electron chi connectivity index (χ2n) is 3.35. The van der Waals surface area contributed by atoms with Gasteiger partial charge in [-0.3, -0.25) is 0 Å². The minimum atomic E-state index is 0.435. The monoisotopic (exact) mass is 250 g/mol. The Morgan fingerprint density at radius 2 is 1.82 bits per heavy atom. The van der Waals surface area contributed by atoms with E-state index in [1.54, 1.807) is 19.2 Å². The Bertz CT molecular complexity index is 532. The summed E-state index contributed by atoms with van der Waals surface area (Å²) >= 11 is 6.00. The zero-order valence-corrected chi connectivity index (χ0v) is 10.2. The van der Waals surface area contributed by atoms with E-state index in [1.807, 2.05) is 19.1 Å². The van der Waals surface area contributed by atoms with E-state index in [9.17, 15) is 0 Å². The number of benzene rings is 1. The highest BCUT2D eigenvalue weighted by Gasteiger charge is 2.10. The van der Waals surface area contributed by atoms with Crippen LogP contribution < -0.4 is 9.47 Å². The minimum Gasteiger partial charge on any atom is -0.481 e. The maximum atomic E-state index is 6.00. The largest absolute Gasteiger partial charge is 0.481 e. The van der Waals surface area contributed by atoms with E-state index in [-0.39, 0.29) is 0 Å². The topological polar surface area (TPSA) is 44.2 Å². The van der Waals surface area contributed by atoms with Crippen LogP contribution in [0.15, 0.2) is 30.6 Å². The van der Waals surface area contributed by atoms with Crippen LogP contribution in [0.25, 0.3) is 0 Å². The molecule has 0 spiro atoms. The van der Waals surface area contributed by atoms with Crippen molar-refractivity contribution in [3.8, 4) is 17.5 Å². The van der Waals surface area contributed by atoms with Gasteiger partial charge in [0, 0.05) is 0 Å². The SMILES string of the molecule is COc1ncnc(Oc2ccccc2Cl)c1C. The fraction of sp³-hybridized carbons (Fsp3) is 0.167. The fourth-order valence-electron chi connectivity index (χ4n) is 1.36. The molecule has 0 bridgehead atoms. The molecule has 0 aliphatic carbocycles. The molecular formula is C12H11ClN2O2. The molecule has 5 heteroatoms. The van der Waals surface area contributed by atoms with E-state index >= 15 is 0 Å². The van der Waals surface area contributed by atoms with Crippen molar-refractivity contribution in [2.75, 3.05) is 7.11 Å². The zero-order valence-electron chi connectivity index (χ0n) is 9.48. The molecule has 0 saturated carbocycles. The Labute approximate surface area is 104 Å². The summed E-state index contributed by atoms with van der Waals surface area (Å²) in [4.78, 5) is 8.03. The van der Waals surface area contributed by atoms with Crippen molar-refractivity contribution < 1.29 is 9.47 Å². The molecule has 2 aromatic rings. The number of para-hydroxylation sites is 1. The number of methoxy groups -OCH3 is 1. The van der Waals surface area contributed by atoms with Gasteiger partial charge in [-0.15, -0.1) is 0 Å². The first-order valence-electron chi connectivity index (χ1n) is 5.00. The summed E-state index contributed by atoms with van der Waals surface area (Å²) in [7, 11) is 1.55. The van der Waals surface area contributed by atoms with Crippen molar-refractivity contribution >= 4 is 11.6 Å². The first-order valence-corrected chi connectivity index (χ1v) is 5.38. The quantitative estimate of drug-likeness (QED) is 0.839. The Morgan fingerprint density at radius 1 is 1.12 bits per heavy atom. The molecule has 0 aliphatic rings. The van der Waals surface area contributed by atoms with Crippen LogP contribution in [0.3, 0.4) is 0 Å². The van der Waals surface area contributed by atoms with Gasteiger partial charge in [-0.2, -0.15) is 0 Å². The Balaban J connectivity index is 2.34. The van der Waals surface area contributed by atoms with Gasteiger partial charge in [0.15, 0.2) is 0 Å². The standard InChI is InChI=1S/C12H11ClN2O2/c1-8-11(16-2)14-7-15-12(8)17-10-6-4-3-5-9(10)13/h3-7H,1-2H3. The van der Waals surface area contributed by atoms with Crippen LogP contribution in [0.4, 0.5) is 0 Å². The average Bonchev–Trinajstić information content (AvgIpc) is 2.34. The summed E-state index contributed by atoms with van der Waals surface area (Å²) in [6.45, 7) is 1.82. The third-order valence-corrected chi connectivity index (χ3v) is 2.54. The molecule has 0 unspecified atom stereocenters. The number of halogens is 1. The molecule has 1 aromatic carbocycles. The van der Waals surface area contributed by atoms with E-state index < -0.39 is 0 Å². The van der Waals surface area contributed by atoms with Gasteiger partial charge in [0.1, 0.15) is 12.1 Å². The summed E-state index contributed by atoms with van der Waals surface area (Å²) in [6.07, 6.45) is 1.39. The van der Waals surface area contributed by atoms with Crippen molar-refractivity contribution in [2.45, 2.75) is 6.92 Å². The molecule has 0 amide bonds. The van der Waals surface area contributed by atoms with Gasteiger partial charge in [-0.25, -0.2) is 9.97 Å². The molecule has 0 aliphatic heterocycles. The minimum absolute atomic E-state index is 0.435. The van der Waals surface area contributed by atoms with E-state index in [2.05, 4.69) is 9.97 Å². The predicted molar refractivity (Wildman–Crippen MR) is 64.8 cm³/mol. The zero-order chi connectivity index (χ0) is 12.3.